The van der Waals surface area contributed by atoms with Gasteiger partial charge in [0.05, 0.1) is 18.7 Å². The fourth-order valence-electron chi connectivity index (χ4n) is 2.74. The van der Waals surface area contributed by atoms with E-state index in [1.54, 1.807) is 7.11 Å². The topological polar surface area (TPSA) is 33.6 Å². The number of ether oxygens (including phenoxy) is 1. The number of amidine groups is 1. The summed E-state index contributed by atoms with van der Waals surface area (Å²) in [6.45, 7) is 5.22. The molecule has 3 nitrogen and oxygen atoms in total. The Labute approximate surface area is 115 Å². The second-order valence-corrected chi connectivity index (χ2v) is 6.82. The smallest absolute Gasteiger partial charge is 0.157 e. The number of thioether (sulfide) groups is 1. The molecule has 0 aromatic heterocycles. The quantitative estimate of drug-likeness (QED) is 0.853. The summed E-state index contributed by atoms with van der Waals surface area (Å²) in [6.07, 6.45) is 5.42. The van der Waals surface area contributed by atoms with E-state index in [1.807, 2.05) is 11.8 Å². The Morgan fingerprint density at radius 2 is 2.17 bits per heavy atom. The summed E-state index contributed by atoms with van der Waals surface area (Å²) < 4.78 is 5.29. The highest BCUT2D eigenvalue weighted by Gasteiger charge is 2.29. The molecule has 1 N–H and O–H groups in total. The van der Waals surface area contributed by atoms with E-state index in [4.69, 9.17) is 9.73 Å². The van der Waals surface area contributed by atoms with Crippen LogP contribution in [0.5, 0.6) is 0 Å². The third-order valence-corrected chi connectivity index (χ3v) is 5.14. The van der Waals surface area contributed by atoms with Crippen LogP contribution in [-0.4, -0.2) is 36.7 Å². The summed E-state index contributed by atoms with van der Waals surface area (Å²) in [5.74, 6) is 2.64. The van der Waals surface area contributed by atoms with Crippen LogP contribution in [0, 0.1) is 11.8 Å². The lowest BCUT2D eigenvalue weighted by Gasteiger charge is -2.34. The van der Waals surface area contributed by atoms with Crippen molar-refractivity contribution in [3.8, 4) is 0 Å². The van der Waals surface area contributed by atoms with Crippen LogP contribution in [-0.2, 0) is 4.74 Å². The summed E-state index contributed by atoms with van der Waals surface area (Å²) in [4.78, 5) is 4.92. The fourth-order valence-corrected chi connectivity index (χ4v) is 3.95. The third kappa shape index (κ3) is 3.64. The minimum atomic E-state index is 0.376. The molecule has 1 saturated carbocycles. The van der Waals surface area contributed by atoms with Gasteiger partial charge in [-0.25, -0.2) is 0 Å². The molecule has 0 spiro atoms. The molecule has 18 heavy (non-hydrogen) atoms. The Kier molecular flexibility index (Phi) is 5.37. The zero-order valence-corrected chi connectivity index (χ0v) is 12.6. The molecule has 1 aliphatic carbocycles. The first kappa shape index (κ1) is 14.2. The van der Waals surface area contributed by atoms with Gasteiger partial charge in [0, 0.05) is 12.9 Å². The summed E-state index contributed by atoms with van der Waals surface area (Å²) in [6, 6.07) is 0.958. The van der Waals surface area contributed by atoms with Crippen molar-refractivity contribution in [2.24, 2.45) is 16.8 Å². The van der Waals surface area contributed by atoms with E-state index in [-0.39, 0.29) is 0 Å². The Hall–Kier alpha value is -0.220. The van der Waals surface area contributed by atoms with Crippen LogP contribution in [0.15, 0.2) is 4.99 Å². The van der Waals surface area contributed by atoms with Crippen molar-refractivity contribution in [3.05, 3.63) is 0 Å². The minimum absolute atomic E-state index is 0.376. The minimum Gasteiger partial charge on any atom is -0.383 e. The molecule has 0 radical (unpaired) electrons. The Morgan fingerprint density at radius 3 is 2.89 bits per heavy atom. The molecule has 0 amide bonds. The van der Waals surface area contributed by atoms with Crippen LogP contribution in [0.2, 0.25) is 0 Å². The molecule has 2 rings (SSSR count). The van der Waals surface area contributed by atoms with Gasteiger partial charge < -0.3 is 10.1 Å². The maximum atomic E-state index is 5.29. The molecule has 104 valence electrons. The Bertz CT molecular complexity index is 294. The van der Waals surface area contributed by atoms with Crippen molar-refractivity contribution in [1.29, 1.82) is 0 Å². The molecule has 0 bridgehead atoms. The predicted octanol–water partition coefficient (Wildman–Crippen LogP) is 2.91. The number of fused-ring (bicyclic) bond motifs is 1. The average molecular weight is 270 g/mol. The lowest BCUT2D eigenvalue weighted by molar-refractivity contribution is 0.156. The fraction of sp³-hybridized carbons (Fsp3) is 0.929. The molecule has 0 aromatic carbocycles. The Morgan fingerprint density at radius 1 is 1.39 bits per heavy atom. The van der Waals surface area contributed by atoms with Gasteiger partial charge >= 0.3 is 0 Å². The predicted molar refractivity (Wildman–Crippen MR) is 79.3 cm³/mol. The highest BCUT2D eigenvalue weighted by molar-refractivity contribution is 8.13. The van der Waals surface area contributed by atoms with E-state index < -0.39 is 0 Å². The van der Waals surface area contributed by atoms with Gasteiger partial charge in [0.15, 0.2) is 5.17 Å². The molecule has 3 atom stereocenters. The van der Waals surface area contributed by atoms with E-state index in [1.165, 1.54) is 31.4 Å². The lowest BCUT2D eigenvalue weighted by Crippen LogP contribution is -2.43. The van der Waals surface area contributed by atoms with Gasteiger partial charge in [-0.1, -0.05) is 38.5 Å². The van der Waals surface area contributed by atoms with Crippen molar-refractivity contribution in [2.75, 3.05) is 19.5 Å². The van der Waals surface area contributed by atoms with Crippen LogP contribution in [0.4, 0.5) is 0 Å². The second-order valence-electron chi connectivity index (χ2n) is 5.81. The molecule has 2 aliphatic rings. The van der Waals surface area contributed by atoms with Gasteiger partial charge in [-0.15, -0.1) is 0 Å². The van der Waals surface area contributed by atoms with E-state index >= 15 is 0 Å². The van der Waals surface area contributed by atoms with Gasteiger partial charge in [0.2, 0.25) is 0 Å². The molecule has 3 unspecified atom stereocenters. The first-order chi connectivity index (χ1) is 8.70. The summed E-state index contributed by atoms with van der Waals surface area (Å²) >= 11 is 1.90. The molecule has 0 aromatic rings. The highest BCUT2D eigenvalue weighted by atomic mass is 32.2. The monoisotopic (exact) mass is 270 g/mol. The van der Waals surface area contributed by atoms with E-state index in [2.05, 4.69) is 19.2 Å². The number of nitrogens with zero attached hydrogens (tertiary/aromatic N) is 1. The number of hydrogen-bond donors (Lipinski definition) is 1. The summed E-state index contributed by atoms with van der Waals surface area (Å²) in [7, 11) is 1.77. The maximum absolute atomic E-state index is 5.29. The van der Waals surface area contributed by atoms with Crippen LogP contribution in [0.1, 0.15) is 39.5 Å². The maximum Gasteiger partial charge on any atom is 0.157 e. The number of aliphatic imine (C=N–C) groups is 1. The van der Waals surface area contributed by atoms with Gasteiger partial charge in [-0.2, -0.15) is 0 Å². The van der Waals surface area contributed by atoms with E-state index in [0.29, 0.717) is 18.0 Å². The molecule has 1 heterocycles. The first-order valence-corrected chi connectivity index (χ1v) is 8.15. The van der Waals surface area contributed by atoms with Crippen molar-refractivity contribution >= 4 is 16.9 Å². The molecule has 4 heteroatoms. The first-order valence-electron chi connectivity index (χ1n) is 7.16. The van der Waals surface area contributed by atoms with Crippen molar-refractivity contribution in [2.45, 2.75) is 51.6 Å². The largest absolute Gasteiger partial charge is 0.383 e. The van der Waals surface area contributed by atoms with Crippen molar-refractivity contribution in [1.82, 2.24) is 5.32 Å². The molecular weight excluding hydrogens is 244 g/mol. The summed E-state index contributed by atoms with van der Waals surface area (Å²) in [5, 5.41) is 4.72. The van der Waals surface area contributed by atoms with Crippen LogP contribution < -0.4 is 5.32 Å². The van der Waals surface area contributed by atoms with Crippen LogP contribution in [0.25, 0.3) is 0 Å². The Balaban J connectivity index is 1.94. The van der Waals surface area contributed by atoms with Gasteiger partial charge in [0.1, 0.15) is 0 Å². The summed E-state index contributed by atoms with van der Waals surface area (Å²) in [5.41, 5.74) is 0. The highest BCUT2D eigenvalue weighted by Crippen LogP contribution is 2.33. The van der Waals surface area contributed by atoms with Crippen LogP contribution >= 0.6 is 11.8 Å². The SMILES string of the molecule is COCC(NC1=NC2CCCCC2CS1)C(C)C. The van der Waals surface area contributed by atoms with Crippen LogP contribution in [0.3, 0.4) is 0 Å². The standard InChI is InChI=1S/C14H26N2OS/c1-10(2)13(8-17-3)16-14-15-12-7-5-4-6-11(12)9-18-14/h10-13H,4-9H2,1-3H3,(H,15,16). The number of nitrogens with one attached hydrogen (secondary N) is 1. The molecule has 1 fully saturated rings. The third-order valence-electron chi connectivity index (χ3n) is 4.05. The molecule has 1 aliphatic heterocycles. The zero-order valence-electron chi connectivity index (χ0n) is 11.8. The van der Waals surface area contributed by atoms with Gasteiger partial charge in [-0.05, 0) is 24.7 Å². The van der Waals surface area contributed by atoms with Gasteiger partial charge in [0.25, 0.3) is 0 Å². The second kappa shape index (κ2) is 6.80. The van der Waals surface area contributed by atoms with Crippen molar-refractivity contribution < 1.29 is 4.74 Å². The number of hydrogen-bond acceptors (Lipinski definition) is 4. The van der Waals surface area contributed by atoms with E-state index in [9.17, 15) is 0 Å². The number of rotatable bonds is 4. The molecule has 0 saturated heterocycles. The number of methoxy groups -OCH3 is 1. The van der Waals surface area contributed by atoms with Crippen molar-refractivity contribution in [3.63, 3.8) is 0 Å². The average Bonchev–Trinajstić information content (AvgIpc) is 2.38. The van der Waals surface area contributed by atoms with Gasteiger partial charge in [-0.3, -0.25) is 4.99 Å². The van der Waals surface area contributed by atoms with E-state index in [0.717, 1.165) is 17.7 Å². The normalized spacial score (nSPS) is 29.7. The molecular formula is C14H26N2OS. The zero-order chi connectivity index (χ0) is 13.0. The lowest BCUT2D eigenvalue weighted by atomic mass is 9.86.